The second-order valence-corrected chi connectivity index (χ2v) is 7.12. The third-order valence-corrected chi connectivity index (χ3v) is 5.99. The minimum atomic E-state index is -0.0425. The first-order chi connectivity index (χ1) is 9.33. The SMILES string of the molecule is N#CC1(CC2CSc3ccccc32)CCCCCC1. The predicted octanol–water partition coefficient (Wildman–Crippen LogP) is 5.13. The maximum Gasteiger partial charge on any atom is 0.0689 e. The van der Waals surface area contributed by atoms with Gasteiger partial charge in [0.15, 0.2) is 0 Å². The van der Waals surface area contributed by atoms with Crippen LogP contribution < -0.4 is 0 Å². The van der Waals surface area contributed by atoms with Crippen LogP contribution in [0.5, 0.6) is 0 Å². The second kappa shape index (κ2) is 5.59. The molecule has 0 bridgehead atoms. The molecule has 1 aliphatic carbocycles. The maximum absolute atomic E-state index is 9.72. The first-order valence-electron chi connectivity index (χ1n) is 7.46. The van der Waals surface area contributed by atoms with E-state index in [0.29, 0.717) is 5.92 Å². The van der Waals surface area contributed by atoms with Gasteiger partial charge >= 0.3 is 0 Å². The highest BCUT2D eigenvalue weighted by molar-refractivity contribution is 7.99. The Morgan fingerprint density at radius 1 is 1.16 bits per heavy atom. The summed E-state index contributed by atoms with van der Waals surface area (Å²) >= 11 is 1.97. The van der Waals surface area contributed by atoms with Gasteiger partial charge in [-0.1, -0.05) is 43.9 Å². The van der Waals surface area contributed by atoms with Gasteiger partial charge in [-0.15, -0.1) is 11.8 Å². The molecule has 3 rings (SSSR count). The van der Waals surface area contributed by atoms with E-state index in [4.69, 9.17) is 0 Å². The van der Waals surface area contributed by atoms with Crippen LogP contribution in [0.15, 0.2) is 29.2 Å². The Morgan fingerprint density at radius 2 is 1.89 bits per heavy atom. The number of fused-ring (bicyclic) bond motifs is 1. The van der Waals surface area contributed by atoms with E-state index in [1.165, 1.54) is 41.9 Å². The summed E-state index contributed by atoms with van der Waals surface area (Å²) in [7, 11) is 0. The molecule has 0 amide bonds. The van der Waals surface area contributed by atoms with E-state index in [1.54, 1.807) is 0 Å². The van der Waals surface area contributed by atoms with Crippen LogP contribution in [0.3, 0.4) is 0 Å². The third-order valence-electron chi connectivity index (χ3n) is 4.73. The molecule has 0 saturated heterocycles. The summed E-state index contributed by atoms with van der Waals surface area (Å²) < 4.78 is 0. The molecule has 1 aromatic carbocycles. The number of benzene rings is 1. The number of rotatable bonds is 2. The molecular weight excluding hydrogens is 250 g/mol. The summed E-state index contributed by atoms with van der Waals surface area (Å²) in [5.74, 6) is 1.77. The molecule has 1 heterocycles. The molecule has 1 nitrogen and oxygen atoms in total. The molecule has 0 N–H and O–H groups in total. The van der Waals surface area contributed by atoms with Crippen LogP contribution in [-0.2, 0) is 0 Å². The van der Waals surface area contributed by atoms with Crippen LogP contribution in [0.1, 0.15) is 56.4 Å². The number of nitrogens with zero attached hydrogens (tertiary/aromatic N) is 1. The lowest BCUT2D eigenvalue weighted by Gasteiger charge is -2.28. The van der Waals surface area contributed by atoms with Gasteiger partial charge in [0, 0.05) is 10.6 Å². The monoisotopic (exact) mass is 271 g/mol. The quantitative estimate of drug-likeness (QED) is 0.696. The lowest BCUT2D eigenvalue weighted by Crippen LogP contribution is -2.21. The molecule has 19 heavy (non-hydrogen) atoms. The van der Waals surface area contributed by atoms with Crippen LogP contribution in [0.2, 0.25) is 0 Å². The van der Waals surface area contributed by atoms with Crippen molar-refractivity contribution in [2.45, 2.75) is 55.8 Å². The Hall–Kier alpha value is -0.940. The van der Waals surface area contributed by atoms with Crippen molar-refractivity contribution in [2.24, 2.45) is 5.41 Å². The van der Waals surface area contributed by atoms with Gasteiger partial charge in [-0.25, -0.2) is 0 Å². The molecule has 0 spiro atoms. The highest BCUT2D eigenvalue weighted by Gasteiger charge is 2.36. The van der Waals surface area contributed by atoms with Gasteiger partial charge in [-0.2, -0.15) is 5.26 Å². The molecule has 100 valence electrons. The summed E-state index contributed by atoms with van der Waals surface area (Å²) in [5.41, 5.74) is 1.45. The lowest BCUT2D eigenvalue weighted by molar-refractivity contribution is 0.296. The first-order valence-corrected chi connectivity index (χ1v) is 8.45. The zero-order valence-corrected chi connectivity index (χ0v) is 12.2. The molecule has 1 aromatic rings. The van der Waals surface area contributed by atoms with Crippen LogP contribution in [0, 0.1) is 16.7 Å². The second-order valence-electron chi connectivity index (χ2n) is 6.06. The van der Waals surface area contributed by atoms with E-state index < -0.39 is 0 Å². The Bertz CT molecular complexity index is 480. The Morgan fingerprint density at radius 3 is 2.63 bits per heavy atom. The fourth-order valence-electron chi connectivity index (χ4n) is 3.64. The Kier molecular flexibility index (Phi) is 3.84. The third kappa shape index (κ3) is 2.67. The van der Waals surface area contributed by atoms with Crippen molar-refractivity contribution in [1.82, 2.24) is 0 Å². The van der Waals surface area contributed by atoms with Gasteiger partial charge in [0.25, 0.3) is 0 Å². The number of thioether (sulfide) groups is 1. The minimum absolute atomic E-state index is 0.0425. The van der Waals surface area contributed by atoms with Crippen molar-refractivity contribution in [1.29, 1.82) is 5.26 Å². The van der Waals surface area contributed by atoms with Crippen LogP contribution in [-0.4, -0.2) is 5.75 Å². The molecular formula is C17H21NS. The first kappa shape index (κ1) is 13.1. The number of nitriles is 1. The summed E-state index contributed by atoms with van der Waals surface area (Å²) in [6, 6.07) is 11.5. The van der Waals surface area contributed by atoms with E-state index in [1.807, 2.05) is 11.8 Å². The van der Waals surface area contributed by atoms with Gasteiger partial charge in [0.2, 0.25) is 0 Å². The van der Waals surface area contributed by atoms with Crippen molar-refractivity contribution in [3.63, 3.8) is 0 Å². The molecule has 1 atom stereocenters. The summed E-state index contributed by atoms with van der Waals surface area (Å²) in [6.45, 7) is 0. The molecule has 1 aliphatic heterocycles. The van der Waals surface area contributed by atoms with E-state index in [9.17, 15) is 5.26 Å². The fourth-order valence-corrected chi connectivity index (χ4v) is 4.89. The van der Waals surface area contributed by atoms with Crippen molar-refractivity contribution in [2.75, 3.05) is 5.75 Å². The lowest BCUT2D eigenvalue weighted by atomic mass is 9.74. The van der Waals surface area contributed by atoms with Crippen LogP contribution in [0.25, 0.3) is 0 Å². The Labute approximate surface area is 120 Å². The summed E-state index contributed by atoms with van der Waals surface area (Å²) in [5, 5.41) is 9.72. The zero-order valence-electron chi connectivity index (χ0n) is 11.4. The van der Waals surface area contributed by atoms with E-state index in [2.05, 4.69) is 30.3 Å². The number of hydrogen-bond acceptors (Lipinski definition) is 2. The molecule has 1 unspecified atom stereocenters. The van der Waals surface area contributed by atoms with Gasteiger partial charge in [-0.05, 0) is 36.8 Å². The van der Waals surface area contributed by atoms with E-state index in [0.717, 1.165) is 19.3 Å². The van der Waals surface area contributed by atoms with Crippen LogP contribution >= 0.6 is 11.8 Å². The normalized spacial score (nSPS) is 25.3. The van der Waals surface area contributed by atoms with Gasteiger partial charge in [-0.3, -0.25) is 0 Å². The molecule has 2 heteroatoms. The maximum atomic E-state index is 9.72. The van der Waals surface area contributed by atoms with Crippen molar-refractivity contribution in [3.8, 4) is 6.07 Å². The fraction of sp³-hybridized carbons (Fsp3) is 0.588. The molecule has 2 aliphatic rings. The van der Waals surface area contributed by atoms with Crippen molar-refractivity contribution in [3.05, 3.63) is 29.8 Å². The van der Waals surface area contributed by atoms with Gasteiger partial charge in [0.05, 0.1) is 11.5 Å². The molecule has 1 saturated carbocycles. The topological polar surface area (TPSA) is 23.8 Å². The molecule has 1 fully saturated rings. The van der Waals surface area contributed by atoms with E-state index in [-0.39, 0.29) is 5.41 Å². The van der Waals surface area contributed by atoms with E-state index >= 15 is 0 Å². The summed E-state index contributed by atoms with van der Waals surface area (Å²) in [6.07, 6.45) is 8.44. The summed E-state index contributed by atoms with van der Waals surface area (Å²) in [4.78, 5) is 1.44. The van der Waals surface area contributed by atoms with Crippen LogP contribution in [0.4, 0.5) is 0 Å². The minimum Gasteiger partial charge on any atom is -0.198 e. The molecule has 0 aromatic heterocycles. The standard InChI is InChI=1S/C17H21NS/c18-13-17(9-5-1-2-6-10-17)11-14-12-19-16-8-4-3-7-15(14)16/h3-4,7-8,14H,1-2,5-6,9-12H2. The van der Waals surface area contributed by atoms with Gasteiger partial charge < -0.3 is 0 Å². The predicted molar refractivity (Wildman–Crippen MR) is 80.3 cm³/mol. The van der Waals surface area contributed by atoms with Crippen molar-refractivity contribution >= 4 is 11.8 Å². The highest BCUT2D eigenvalue weighted by Crippen LogP contribution is 2.48. The largest absolute Gasteiger partial charge is 0.198 e. The molecule has 0 radical (unpaired) electrons. The number of hydrogen-bond donors (Lipinski definition) is 0. The van der Waals surface area contributed by atoms with Gasteiger partial charge in [0.1, 0.15) is 0 Å². The smallest absolute Gasteiger partial charge is 0.0689 e. The highest BCUT2D eigenvalue weighted by atomic mass is 32.2. The zero-order chi connectivity index (χ0) is 13.1. The van der Waals surface area contributed by atoms with Crippen molar-refractivity contribution < 1.29 is 0 Å². The average Bonchev–Trinajstić information content (AvgIpc) is 2.70. The Balaban J connectivity index is 1.79. The average molecular weight is 271 g/mol.